The second kappa shape index (κ2) is 5.30. The second-order valence-electron chi connectivity index (χ2n) is 5.34. The highest BCUT2D eigenvalue weighted by molar-refractivity contribution is 5.37. The maximum absolute atomic E-state index is 11.7. The van der Waals surface area contributed by atoms with Crippen LogP contribution in [0.3, 0.4) is 0 Å². The Bertz CT molecular complexity index is 492. The third kappa shape index (κ3) is 3.13. The quantitative estimate of drug-likeness (QED) is 0.805. The number of nitrogens with zero attached hydrogens (tertiary/aromatic N) is 2. The molecular weight excluding hydrogens is 244 g/mol. The number of ether oxygens (including phenoxy) is 1. The number of nitrogens with one attached hydrogen (secondary N) is 2. The van der Waals surface area contributed by atoms with Crippen molar-refractivity contribution in [3.05, 3.63) is 22.2 Å². The van der Waals surface area contributed by atoms with Crippen LogP contribution in [-0.2, 0) is 4.74 Å². The summed E-state index contributed by atoms with van der Waals surface area (Å²) in [6.45, 7) is 3.25. The highest BCUT2D eigenvalue weighted by atomic mass is 16.5. The van der Waals surface area contributed by atoms with Gasteiger partial charge in [0.15, 0.2) is 0 Å². The summed E-state index contributed by atoms with van der Waals surface area (Å²) >= 11 is 0. The highest BCUT2D eigenvalue weighted by Gasteiger charge is 2.27. The van der Waals surface area contributed by atoms with Crippen molar-refractivity contribution < 1.29 is 4.74 Å². The lowest BCUT2D eigenvalue weighted by Crippen LogP contribution is -2.44. The smallest absolute Gasteiger partial charge is 0.252 e. The van der Waals surface area contributed by atoms with Crippen molar-refractivity contribution >= 4 is 5.82 Å². The number of aromatic amines is 1. The predicted octanol–water partition coefficient (Wildman–Crippen LogP) is 0.0719. The molecule has 3 rings (SSSR count). The molecule has 1 atom stereocenters. The Morgan fingerprint density at radius 2 is 2.37 bits per heavy atom. The first-order chi connectivity index (χ1) is 9.22. The molecule has 104 valence electrons. The lowest BCUT2D eigenvalue weighted by atomic mass is 10.3. The van der Waals surface area contributed by atoms with E-state index >= 15 is 0 Å². The molecule has 0 aromatic carbocycles. The van der Waals surface area contributed by atoms with Crippen molar-refractivity contribution in [1.82, 2.24) is 15.3 Å². The van der Waals surface area contributed by atoms with E-state index in [0.717, 1.165) is 50.7 Å². The van der Waals surface area contributed by atoms with E-state index in [4.69, 9.17) is 4.74 Å². The van der Waals surface area contributed by atoms with Crippen LogP contribution in [0.15, 0.2) is 10.9 Å². The molecule has 0 radical (unpaired) electrons. The van der Waals surface area contributed by atoms with Gasteiger partial charge in [0, 0.05) is 38.7 Å². The van der Waals surface area contributed by atoms with Gasteiger partial charge in [-0.05, 0) is 12.8 Å². The number of hydrogen-bond acceptors (Lipinski definition) is 5. The highest BCUT2D eigenvalue weighted by Crippen LogP contribution is 2.37. The van der Waals surface area contributed by atoms with Crippen molar-refractivity contribution in [2.24, 2.45) is 0 Å². The molecule has 6 heteroatoms. The van der Waals surface area contributed by atoms with Crippen molar-refractivity contribution in [1.29, 1.82) is 0 Å². The van der Waals surface area contributed by atoms with Crippen LogP contribution in [0.1, 0.15) is 24.6 Å². The van der Waals surface area contributed by atoms with E-state index < -0.39 is 0 Å². The fourth-order valence-electron chi connectivity index (χ4n) is 2.34. The van der Waals surface area contributed by atoms with Crippen molar-refractivity contribution in [3.8, 4) is 0 Å². The van der Waals surface area contributed by atoms with E-state index in [2.05, 4.69) is 15.3 Å². The van der Waals surface area contributed by atoms with E-state index in [1.807, 2.05) is 11.9 Å². The summed E-state index contributed by atoms with van der Waals surface area (Å²) in [5, 5.41) is 3.30. The van der Waals surface area contributed by atoms with Crippen LogP contribution in [0, 0.1) is 0 Å². The molecule has 0 spiro atoms. The molecule has 1 aliphatic heterocycles. The van der Waals surface area contributed by atoms with Gasteiger partial charge in [-0.2, -0.15) is 0 Å². The number of morpholine rings is 1. The third-order valence-corrected chi connectivity index (χ3v) is 3.58. The molecule has 1 aliphatic carbocycles. The van der Waals surface area contributed by atoms with Gasteiger partial charge in [0.25, 0.3) is 5.56 Å². The van der Waals surface area contributed by atoms with Crippen LogP contribution >= 0.6 is 0 Å². The summed E-state index contributed by atoms with van der Waals surface area (Å²) < 4.78 is 5.67. The zero-order valence-electron chi connectivity index (χ0n) is 11.2. The zero-order valence-corrected chi connectivity index (χ0v) is 11.2. The molecular formula is C13H20N4O2. The van der Waals surface area contributed by atoms with Gasteiger partial charge < -0.3 is 19.9 Å². The normalized spacial score (nSPS) is 23.3. The van der Waals surface area contributed by atoms with E-state index in [9.17, 15) is 4.79 Å². The van der Waals surface area contributed by atoms with Crippen molar-refractivity contribution in [3.63, 3.8) is 0 Å². The summed E-state index contributed by atoms with van der Waals surface area (Å²) in [4.78, 5) is 21.1. The Balaban J connectivity index is 1.71. The Labute approximate surface area is 112 Å². The van der Waals surface area contributed by atoms with Gasteiger partial charge in [0.05, 0.1) is 12.7 Å². The number of likely N-dealkylation sites (N-methyl/N-ethyl adjacent to an activating group) is 1. The van der Waals surface area contributed by atoms with E-state index in [1.165, 1.54) is 0 Å². The summed E-state index contributed by atoms with van der Waals surface area (Å²) in [7, 11) is 1.95. The molecule has 2 N–H and O–H groups in total. The molecule has 2 fully saturated rings. The van der Waals surface area contributed by atoms with Crippen LogP contribution in [0.25, 0.3) is 0 Å². The molecule has 19 heavy (non-hydrogen) atoms. The van der Waals surface area contributed by atoms with Crippen LogP contribution < -0.4 is 15.8 Å². The number of rotatable bonds is 4. The van der Waals surface area contributed by atoms with Gasteiger partial charge in [0.2, 0.25) is 0 Å². The molecule has 0 amide bonds. The maximum atomic E-state index is 11.7. The average Bonchev–Trinajstić information content (AvgIpc) is 3.23. The fourth-order valence-corrected chi connectivity index (χ4v) is 2.34. The molecule has 1 unspecified atom stereocenters. The fraction of sp³-hybridized carbons (Fsp3) is 0.692. The van der Waals surface area contributed by atoms with Gasteiger partial charge in [-0.15, -0.1) is 0 Å². The van der Waals surface area contributed by atoms with Gasteiger partial charge >= 0.3 is 0 Å². The van der Waals surface area contributed by atoms with Crippen LogP contribution in [0.2, 0.25) is 0 Å². The molecule has 6 nitrogen and oxygen atoms in total. The predicted molar refractivity (Wildman–Crippen MR) is 72.7 cm³/mol. The topological polar surface area (TPSA) is 70.2 Å². The lowest BCUT2D eigenvalue weighted by molar-refractivity contribution is 0.0339. The van der Waals surface area contributed by atoms with Crippen LogP contribution in [0.4, 0.5) is 5.82 Å². The SMILES string of the molecule is CN(CC1CNCCO1)c1cc(=O)[nH]c(C2CC2)n1. The first kappa shape index (κ1) is 12.6. The standard InChI is InChI=1S/C13H20N4O2/c1-17(8-10-7-14-4-5-19-10)11-6-12(18)16-13(15-11)9-2-3-9/h6,9-10,14H,2-5,7-8H2,1H3,(H,15,16,18). The maximum Gasteiger partial charge on any atom is 0.252 e. The lowest BCUT2D eigenvalue weighted by Gasteiger charge is -2.28. The molecule has 1 saturated heterocycles. The van der Waals surface area contributed by atoms with Crippen molar-refractivity contribution in [2.75, 3.05) is 38.2 Å². The van der Waals surface area contributed by atoms with Gasteiger partial charge in [-0.1, -0.05) is 0 Å². The number of aromatic nitrogens is 2. The monoisotopic (exact) mass is 264 g/mol. The Kier molecular flexibility index (Phi) is 3.52. The number of anilines is 1. The Morgan fingerprint density at radius 3 is 3.05 bits per heavy atom. The van der Waals surface area contributed by atoms with Crippen LogP contribution in [-0.4, -0.2) is 49.4 Å². The van der Waals surface area contributed by atoms with Gasteiger partial charge in [0.1, 0.15) is 11.6 Å². The summed E-state index contributed by atoms with van der Waals surface area (Å²) in [5.41, 5.74) is -0.0681. The summed E-state index contributed by atoms with van der Waals surface area (Å²) in [6, 6.07) is 1.56. The molecule has 1 aromatic rings. The zero-order chi connectivity index (χ0) is 13.2. The van der Waals surface area contributed by atoms with Crippen molar-refractivity contribution in [2.45, 2.75) is 24.9 Å². The summed E-state index contributed by atoms with van der Waals surface area (Å²) in [6.07, 6.45) is 2.42. The Hall–Kier alpha value is -1.40. The minimum absolute atomic E-state index is 0.0681. The first-order valence-electron chi connectivity index (χ1n) is 6.87. The number of H-pyrrole nitrogens is 1. The van der Waals surface area contributed by atoms with E-state index in [1.54, 1.807) is 6.07 Å². The largest absolute Gasteiger partial charge is 0.374 e. The second-order valence-corrected chi connectivity index (χ2v) is 5.34. The minimum Gasteiger partial charge on any atom is -0.374 e. The molecule has 2 aliphatic rings. The van der Waals surface area contributed by atoms with Crippen LogP contribution in [0.5, 0.6) is 0 Å². The molecule has 1 saturated carbocycles. The van der Waals surface area contributed by atoms with E-state index in [-0.39, 0.29) is 11.7 Å². The molecule has 2 heterocycles. The number of hydrogen-bond donors (Lipinski definition) is 2. The third-order valence-electron chi connectivity index (χ3n) is 3.58. The minimum atomic E-state index is -0.0681. The molecule has 1 aromatic heterocycles. The average molecular weight is 264 g/mol. The molecule has 0 bridgehead atoms. The van der Waals surface area contributed by atoms with E-state index in [0.29, 0.717) is 5.92 Å². The first-order valence-corrected chi connectivity index (χ1v) is 6.87. The summed E-state index contributed by atoms with van der Waals surface area (Å²) in [5.74, 6) is 2.02. The van der Waals surface area contributed by atoms with Gasteiger partial charge in [-0.25, -0.2) is 4.98 Å². The Morgan fingerprint density at radius 1 is 1.53 bits per heavy atom. The van der Waals surface area contributed by atoms with Gasteiger partial charge in [-0.3, -0.25) is 4.79 Å².